The number of methoxy groups -OCH3 is 1. The van der Waals surface area contributed by atoms with E-state index in [0.717, 1.165) is 41.7 Å². The van der Waals surface area contributed by atoms with Crippen molar-refractivity contribution in [1.82, 2.24) is 4.72 Å². The summed E-state index contributed by atoms with van der Waals surface area (Å²) in [5.74, 6) is -11.0. The molecule has 1 fully saturated rings. The Labute approximate surface area is 235 Å². The third kappa shape index (κ3) is 9.89. The van der Waals surface area contributed by atoms with Gasteiger partial charge in [0, 0.05) is 34.6 Å². The van der Waals surface area contributed by atoms with Crippen molar-refractivity contribution in [3.05, 3.63) is 0 Å². The number of rotatable bonds is 13. The fraction of sp³-hybridized carbons (Fsp3) is 0.739. The fourth-order valence-corrected chi connectivity index (χ4v) is 5.32. The maximum atomic E-state index is 16.2. The van der Waals surface area contributed by atoms with Crippen molar-refractivity contribution < 1.29 is 74.7 Å². The first kappa shape index (κ1) is 35.6. The van der Waals surface area contributed by atoms with E-state index in [2.05, 4.69) is 9.46 Å². The molecule has 0 aromatic rings. The molecule has 7 atom stereocenters. The molecule has 0 bridgehead atoms. The Bertz CT molecular complexity index is 1110. The molecule has 0 amide bonds. The second-order valence-corrected chi connectivity index (χ2v) is 10.7. The van der Waals surface area contributed by atoms with E-state index in [1.807, 2.05) is 0 Å². The summed E-state index contributed by atoms with van der Waals surface area (Å²) in [6, 6.07) is -2.02. The van der Waals surface area contributed by atoms with Crippen LogP contribution in [0.5, 0.6) is 0 Å². The van der Waals surface area contributed by atoms with Gasteiger partial charge in [0.2, 0.25) is 16.2 Å². The Morgan fingerprint density at radius 3 is 1.95 bits per heavy atom. The van der Waals surface area contributed by atoms with E-state index < -0.39 is 101 Å². The van der Waals surface area contributed by atoms with Crippen LogP contribution in [-0.2, 0) is 71.9 Å². The molecule has 1 unspecified atom stereocenters. The molecule has 0 aromatic carbocycles. The molecule has 18 heteroatoms. The lowest BCUT2D eigenvalue weighted by atomic mass is 9.87. The molecule has 1 saturated heterocycles. The number of carbonyl (C=O) groups is 6. The molecule has 1 rings (SSSR count). The second kappa shape index (κ2) is 15.0. The third-order valence-corrected chi connectivity index (χ3v) is 6.86. The molecule has 0 spiro atoms. The van der Waals surface area contributed by atoms with Crippen LogP contribution in [0.2, 0.25) is 0 Å². The Morgan fingerprint density at radius 2 is 1.51 bits per heavy atom. The summed E-state index contributed by atoms with van der Waals surface area (Å²) in [5.41, 5.74) is 0. The van der Waals surface area contributed by atoms with E-state index in [0.29, 0.717) is 0 Å². The predicted octanol–water partition coefficient (Wildman–Crippen LogP) is -0.788. The summed E-state index contributed by atoms with van der Waals surface area (Å²) < 4.78 is 79.5. The van der Waals surface area contributed by atoms with Gasteiger partial charge in [0.05, 0.1) is 18.9 Å². The van der Waals surface area contributed by atoms with Gasteiger partial charge in [0.1, 0.15) is 12.7 Å². The smallest absolute Gasteiger partial charge is 0.383 e. The summed E-state index contributed by atoms with van der Waals surface area (Å²) in [6.45, 7) is 5.14. The minimum atomic E-state index is -4.32. The number of alkyl halides is 1. The summed E-state index contributed by atoms with van der Waals surface area (Å²) in [4.78, 5) is 72.6. The SMILES string of the molecule is CCCS(=O)(=O)N[C@H]1[C@@H]([C@H](OC(C)=O)C(COC(C)=O)OC(C)=O)O[C@](OC(C)=O)(C(=O)OC)[C@H](F)[C@H]1OC(C)=O. The molecule has 1 aliphatic rings. The van der Waals surface area contributed by atoms with E-state index in [1.165, 1.54) is 6.92 Å². The van der Waals surface area contributed by atoms with Gasteiger partial charge in [0.15, 0.2) is 18.3 Å². The van der Waals surface area contributed by atoms with Crippen molar-refractivity contribution in [3.8, 4) is 0 Å². The maximum Gasteiger partial charge on any atom is 0.383 e. The normalized spacial score (nSPS) is 25.6. The van der Waals surface area contributed by atoms with Crippen LogP contribution >= 0.6 is 0 Å². The molecule has 0 aliphatic carbocycles. The number of carbonyl (C=O) groups excluding carboxylic acids is 6. The minimum Gasteiger partial charge on any atom is -0.464 e. The molecule has 16 nitrogen and oxygen atoms in total. The first-order chi connectivity index (χ1) is 18.9. The van der Waals surface area contributed by atoms with E-state index in [4.69, 9.17) is 28.4 Å². The highest BCUT2D eigenvalue weighted by molar-refractivity contribution is 7.89. The number of ether oxygens (including phenoxy) is 7. The Morgan fingerprint density at radius 1 is 0.927 bits per heavy atom. The highest BCUT2D eigenvalue weighted by atomic mass is 32.2. The number of halogens is 1. The van der Waals surface area contributed by atoms with Crippen LogP contribution < -0.4 is 4.72 Å². The molecule has 0 aromatic heterocycles. The molecule has 1 heterocycles. The van der Waals surface area contributed by atoms with E-state index in [-0.39, 0.29) is 6.42 Å². The first-order valence-corrected chi connectivity index (χ1v) is 13.8. The summed E-state index contributed by atoms with van der Waals surface area (Å²) in [6.07, 6.45) is -11.0. The summed E-state index contributed by atoms with van der Waals surface area (Å²) >= 11 is 0. The van der Waals surface area contributed by atoms with Crippen LogP contribution in [0.4, 0.5) is 4.39 Å². The quantitative estimate of drug-likeness (QED) is 0.199. The molecular formula is C23H34FNO15S. The maximum absolute atomic E-state index is 16.2. The van der Waals surface area contributed by atoms with Gasteiger partial charge >= 0.3 is 41.6 Å². The lowest BCUT2D eigenvalue weighted by Crippen LogP contribution is -2.74. The number of esters is 6. The Hall–Kier alpha value is -3.38. The van der Waals surface area contributed by atoms with Gasteiger partial charge in [-0.1, -0.05) is 6.92 Å². The Balaban J connectivity index is 4.06. The number of hydrogen-bond donors (Lipinski definition) is 1. The summed E-state index contributed by atoms with van der Waals surface area (Å²) in [5, 5.41) is 0. The van der Waals surface area contributed by atoms with E-state index in [1.54, 1.807) is 0 Å². The molecule has 0 radical (unpaired) electrons. The van der Waals surface area contributed by atoms with Crippen LogP contribution in [-0.4, -0.2) is 106 Å². The molecule has 1 aliphatic heterocycles. The second-order valence-electron chi connectivity index (χ2n) is 8.80. The van der Waals surface area contributed by atoms with E-state index >= 15 is 4.39 Å². The minimum absolute atomic E-state index is 0.0697. The zero-order chi connectivity index (χ0) is 31.7. The van der Waals surface area contributed by atoms with Crippen molar-refractivity contribution >= 4 is 45.8 Å². The molecule has 1 N–H and O–H groups in total. The topological polar surface area (TPSA) is 213 Å². The highest BCUT2D eigenvalue weighted by Crippen LogP contribution is 2.39. The van der Waals surface area contributed by atoms with Crippen LogP contribution in [0.3, 0.4) is 0 Å². The van der Waals surface area contributed by atoms with Crippen molar-refractivity contribution in [2.75, 3.05) is 19.5 Å². The van der Waals surface area contributed by atoms with Crippen LogP contribution in [0.25, 0.3) is 0 Å². The standard InChI is InChI=1S/C23H34FNO15S/c1-8-9-41(32,33)25-17-19(18(37-13(4)28)16(36-12(3)27)10-35-11(2)26)40-23(22(31)34-7,39-15(6)30)21(24)20(17)38-14(5)29/h16-21,25H,8-10H2,1-7H3/t16?,17-,18+,19-,20-,21+,23-/m0/s1. The van der Waals surface area contributed by atoms with Crippen LogP contribution in [0, 0.1) is 0 Å². The fourth-order valence-electron chi connectivity index (χ4n) is 3.98. The van der Waals surface area contributed by atoms with Gasteiger partial charge in [-0.25, -0.2) is 22.3 Å². The third-order valence-electron chi connectivity index (χ3n) is 5.29. The zero-order valence-corrected chi connectivity index (χ0v) is 24.3. The number of nitrogens with one attached hydrogen (secondary N) is 1. The molecule has 41 heavy (non-hydrogen) atoms. The van der Waals surface area contributed by atoms with E-state index in [9.17, 15) is 37.2 Å². The average molecular weight is 616 g/mol. The molecule has 234 valence electrons. The molecule has 0 saturated carbocycles. The summed E-state index contributed by atoms with van der Waals surface area (Å²) in [7, 11) is -3.55. The van der Waals surface area contributed by atoms with Crippen molar-refractivity contribution in [2.24, 2.45) is 0 Å². The first-order valence-electron chi connectivity index (χ1n) is 12.2. The lowest BCUT2D eigenvalue weighted by Gasteiger charge is -2.49. The largest absolute Gasteiger partial charge is 0.464 e. The molecular weight excluding hydrogens is 581 g/mol. The van der Waals surface area contributed by atoms with Gasteiger partial charge in [-0.15, -0.1) is 0 Å². The van der Waals surface area contributed by atoms with Crippen molar-refractivity contribution in [3.63, 3.8) is 0 Å². The van der Waals surface area contributed by atoms with Gasteiger partial charge in [-0.05, 0) is 6.42 Å². The van der Waals surface area contributed by atoms with Gasteiger partial charge in [-0.3, -0.25) is 24.0 Å². The lowest BCUT2D eigenvalue weighted by molar-refractivity contribution is -0.325. The number of hydrogen-bond acceptors (Lipinski definition) is 15. The monoisotopic (exact) mass is 615 g/mol. The van der Waals surface area contributed by atoms with Crippen LogP contribution in [0.15, 0.2) is 0 Å². The van der Waals surface area contributed by atoms with Gasteiger partial charge in [0.25, 0.3) is 0 Å². The van der Waals surface area contributed by atoms with Gasteiger partial charge < -0.3 is 33.2 Å². The van der Waals surface area contributed by atoms with Crippen molar-refractivity contribution in [2.45, 2.75) is 90.4 Å². The van der Waals surface area contributed by atoms with Crippen molar-refractivity contribution in [1.29, 1.82) is 0 Å². The zero-order valence-electron chi connectivity index (χ0n) is 23.5. The van der Waals surface area contributed by atoms with Gasteiger partial charge in [-0.2, -0.15) is 0 Å². The Kier molecular flexibility index (Phi) is 13.1. The van der Waals surface area contributed by atoms with Crippen LogP contribution in [0.1, 0.15) is 48.0 Å². The highest BCUT2D eigenvalue weighted by Gasteiger charge is 2.67. The number of sulfonamides is 1. The predicted molar refractivity (Wildman–Crippen MR) is 131 cm³/mol. The average Bonchev–Trinajstić information content (AvgIpc) is 2.82.